The molecule has 0 saturated heterocycles. The van der Waals surface area contributed by atoms with E-state index in [0.717, 1.165) is 5.56 Å². The average molecular weight is 251 g/mol. The van der Waals surface area contributed by atoms with Crippen LogP contribution in [0.3, 0.4) is 0 Å². The summed E-state index contributed by atoms with van der Waals surface area (Å²) < 4.78 is 0. The number of nitrogens with one attached hydrogen (secondary N) is 2. The van der Waals surface area contributed by atoms with Gasteiger partial charge in [0.1, 0.15) is 5.75 Å². The SMILES string of the molecule is CC(C)(C)NC(=S)N/N=C\c1ccc(O)cc1. The summed E-state index contributed by atoms with van der Waals surface area (Å²) in [5.74, 6) is 0.236. The maximum atomic E-state index is 9.11. The minimum atomic E-state index is -0.0852. The Hall–Kier alpha value is -1.62. The molecular weight excluding hydrogens is 234 g/mol. The van der Waals surface area contributed by atoms with Crippen LogP contribution in [0.4, 0.5) is 0 Å². The van der Waals surface area contributed by atoms with Crippen molar-refractivity contribution in [3.8, 4) is 5.75 Å². The Balaban J connectivity index is 2.45. The molecule has 0 saturated carbocycles. The van der Waals surface area contributed by atoms with Crippen molar-refractivity contribution in [2.75, 3.05) is 0 Å². The summed E-state index contributed by atoms with van der Waals surface area (Å²) in [4.78, 5) is 0. The van der Waals surface area contributed by atoms with Crippen molar-refractivity contribution in [1.29, 1.82) is 0 Å². The molecule has 0 spiro atoms. The predicted octanol–water partition coefficient (Wildman–Crippen LogP) is 1.99. The lowest BCUT2D eigenvalue weighted by atomic mass is 10.1. The smallest absolute Gasteiger partial charge is 0.187 e. The molecule has 0 aromatic heterocycles. The average Bonchev–Trinajstić information content (AvgIpc) is 2.18. The number of phenols is 1. The molecule has 0 fully saturated rings. The first-order valence-electron chi connectivity index (χ1n) is 5.27. The first-order valence-corrected chi connectivity index (χ1v) is 5.68. The Morgan fingerprint density at radius 1 is 1.29 bits per heavy atom. The highest BCUT2D eigenvalue weighted by Crippen LogP contribution is 2.07. The fourth-order valence-corrected chi connectivity index (χ4v) is 1.45. The third kappa shape index (κ3) is 5.87. The largest absolute Gasteiger partial charge is 0.508 e. The molecule has 5 heteroatoms. The van der Waals surface area contributed by atoms with E-state index in [2.05, 4.69) is 15.8 Å². The Kier molecular flexibility index (Phi) is 4.45. The van der Waals surface area contributed by atoms with Gasteiger partial charge in [0.15, 0.2) is 5.11 Å². The number of nitrogens with zero attached hydrogens (tertiary/aromatic N) is 1. The van der Waals surface area contributed by atoms with E-state index in [1.165, 1.54) is 0 Å². The quantitative estimate of drug-likeness (QED) is 0.427. The second-order valence-corrected chi connectivity index (χ2v) is 5.07. The summed E-state index contributed by atoms with van der Waals surface area (Å²) in [5.41, 5.74) is 3.53. The van der Waals surface area contributed by atoms with Crippen LogP contribution in [0.1, 0.15) is 26.3 Å². The molecule has 92 valence electrons. The Labute approximate surface area is 107 Å². The second-order valence-electron chi connectivity index (χ2n) is 4.67. The van der Waals surface area contributed by atoms with Crippen molar-refractivity contribution in [2.45, 2.75) is 26.3 Å². The van der Waals surface area contributed by atoms with Gasteiger partial charge >= 0.3 is 0 Å². The van der Waals surface area contributed by atoms with Crippen molar-refractivity contribution >= 4 is 23.5 Å². The lowest BCUT2D eigenvalue weighted by Gasteiger charge is -2.21. The fraction of sp³-hybridized carbons (Fsp3) is 0.333. The molecule has 0 amide bonds. The highest BCUT2D eigenvalue weighted by atomic mass is 32.1. The van der Waals surface area contributed by atoms with Crippen LogP contribution in [-0.2, 0) is 0 Å². The number of aromatic hydroxyl groups is 1. The van der Waals surface area contributed by atoms with E-state index in [4.69, 9.17) is 17.3 Å². The number of hydrogen-bond donors (Lipinski definition) is 3. The highest BCUT2D eigenvalue weighted by molar-refractivity contribution is 7.80. The molecule has 1 aromatic rings. The molecule has 0 atom stereocenters. The topological polar surface area (TPSA) is 56.7 Å². The van der Waals surface area contributed by atoms with Crippen LogP contribution >= 0.6 is 12.2 Å². The minimum Gasteiger partial charge on any atom is -0.508 e. The predicted molar refractivity (Wildman–Crippen MR) is 74.3 cm³/mol. The van der Waals surface area contributed by atoms with Gasteiger partial charge in [-0.15, -0.1) is 0 Å². The second kappa shape index (κ2) is 5.63. The third-order valence-corrected chi connectivity index (χ3v) is 1.95. The molecule has 0 aliphatic rings. The van der Waals surface area contributed by atoms with E-state index in [1.54, 1.807) is 30.5 Å². The van der Waals surface area contributed by atoms with Gasteiger partial charge in [-0.3, -0.25) is 5.43 Å². The number of hydrogen-bond acceptors (Lipinski definition) is 3. The number of phenolic OH excluding ortho intramolecular Hbond substituents is 1. The van der Waals surface area contributed by atoms with E-state index in [0.29, 0.717) is 5.11 Å². The number of benzene rings is 1. The summed E-state index contributed by atoms with van der Waals surface area (Å²) in [6.45, 7) is 6.06. The molecule has 3 N–H and O–H groups in total. The van der Waals surface area contributed by atoms with Gasteiger partial charge in [0, 0.05) is 5.54 Å². The zero-order valence-electron chi connectivity index (χ0n) is 10.2. The maximum Gasteiger partial charge on any atom is 0.187 e. The van der Waals surface area contributed by atoms with E-state index in [-0.39, 0.29) is 11.3 Å². The van der Waals surface area contributed by atoms with E-state index in [1.807, 2.05) is 20.8 Å². The fourth-order valence-electron chi connectivity index (χ4n) is 1.09. The van der Waals surface area contributed by atoms with E-state index in [9.17, 15) is 0 Å². The molecule has 0 aliphatic carbocycles. The summed E-state index contributed by atoms with van der Waals surface area (Å²) in [6, 6.07) is 6.74. The Morgan fingerprint density at radius 2 is 1.88 bits per heavy atom. The van der Waals surface area contributed by atoms with E-state index < -0.39 is 0 Å². The molecule has 0 unspecified atom stereocenters. The van der Waals surface area contributed by atoms with Crippen molar-refractivity contribution in [2.24, 2.45) is 5.10 Å². The molecule has 0 bridgehead atoms. The molecular formula is C12H17N3OS. The van der Waals surface area contributed by atoms with Gasteiger partial charge < -0.3 is 10.4 Å². The van der Waals surface area contributed by atoms with Crippen molar-refractivity contribution in [1.82, 2.24) is 10.7 Å². The first kappa shape index (κ1) is 13.4. The molecule has 17 heavy (non-hydrogen) atoms. The number of rotatable bonds is 2. The summed E-state index contributed by atoms with van der Waals surface area (Å²) in [7, 11) is 0. The summed E-state index contributed by atoms with van der Waals surface area (Å²) >= 11 is 5.06. The lowest BCUT2D eigenvalue weighted by molar-refractivity contribution is 0.475. The van der Waals surface area contributed by atoms with Crippen molar-refractivity contribution < 1.29 is 5.11 Å². The van der Waals surface area contributed by atoms with Gasteiger partial charge in [-0.25, -0.2) is 0 Å². The molecule has 0 radical (unpaired) electrons. The van der Waals surface area contributed by atoms with Gasteiger partial charge in [-0.05, 0) is 62.8 Å². The minimum absolute atomic E-state index is 0.0852. The number of thiocarbonyl (C=S) groups is 1. The maximum absolute atomic E-state index is 9.11. The zero-order chi connectivity index (χ0) is 12.9. The Morgan fingerprint density at radius 3 is 2.41 bits per heavy atom. The van der Waals surface area contributed by atoms with Crippen LogP contribution in [0.15, 0.2) is 29.4 Å². The standard InChI is InChI=1S/C12H17N3OS/c1-12(2,3)14-11(17)15-13-8-9-4-6-10(16)7-5-9/h4-8,16H,1-3H3,(H2,14,15,17)/b13-8-. The van der Waals surface area contributed by atoms with Crippen LogP contribution in [-0.4, -0.2) is 22.0 Å². The van der Waals surface area contributed by atoms with Crippen LogP contribution in [0.2, 0.25) is 0 Å². The normalized spacial score (nSPS) is 11.5. The summed E-state index contributed by atoms with van der Waals surface area (Å²) in [5, 5.41) is 16.7. The number of hydrazone groups is 1. The van der Waals surface area contributed by atoms with Crippen molar-refractivity contribution in [3.63, 3.8) is 0 Å². The first-order chi connectivity index (χ1) is 7.87. The lowest BCUT2D eigenvalue weighted by Crippen LogP contribution is -2.44. The zero-order valence-corrected chi connectivity index (χ0v) is 11.0. The highest BCUT2D eigenvalue weighted by Gasteiger charge is 2.09. The molecule has 4 nitrogen and oxygen atoms in total. The van der Waals surface area contributed by atoms with Gasteiger partial charge in [0.05, 0.1) is 6.21 Å². The van der Waals surface area contributed by atoms with Crippen LogP contribution in [0, 0.1) is 0 Å². The third-order valence-electron chi connectivity index (χ3n) is 1.76. The molecule has 0 heterocycles. The molecule has 1 aromatic carbocycles. The van der Waals surface area contributed by atoms with Crippen LogP contribution in [0.5, 0.6) is 5.75 Å². The molecule has 1 rings (SSSR count). The molecule has 0 aliphatic heterocycles. The van der Waals surface area contributed by atoms with Gasteiger partial charge in [0.2, 0.25) is 0 Å². The summed E-state index contributed by atoms with van der Waals surface area (Å²) in [6.07, 6.45) is 1.64. The van der Waals surface area contributed by atoms with Crippen LogP contribution < -0.4 is 10.7 Å². The van der Waals surface area contributed by atoms with E-state index >= 15 is 0 Å². The monoisotopic (exact) mass is 251 g/mol. The van der Waals surface area contributed by atoms with Crippen molar-refractivity contribution in [3.05, 3.63) is 29.8 Å². The van der Waals surface area contributed by atoms with Crippen LogP contribution in [0.25, 0.3) is 0 Å². The van der Waals surface area contributed by atoms with Gasteiger partial charge in [-0.1, -0.05) is 0 Å². The Bertz CT molecular complexity index is 407. The van der Waals surface area contributed by atoms with Gasteiger partial charge in [0.25, 0.3) is 0 Å². The van der Waals surface area contributed by atoms with Gasteiger partial charge in [-0.2, -0.15) is 5.10 Å².